The molecule has 2 aromatic heterocycles. The average molecular weight is 390 g/mol. The van der Waals surface area contributed by atoms with Crippen LogP contribution in [0.3, 0.4) is 0 Å². The fourth-order valence-electron chi connectivity index (χ4n) is 2.80. The molecule has 0 saturated carbocycles. The molecule has 0 unspecified atom stereocenters. The Kier molecular flexibility index (Phi) is 4.94. The van der Waals surface area contributed by atoms with E-state index in [1.165, 1.54) is 11.8 Å². The minimum absolute atomic E-state index is 0.231. The predicted molar refractivity (Wildman–Crippen MR) is 109 cm³/mol. The number of carbonyl (C=O) groups excluding carboxylic acids is 1. The van der Waals surface area contributed by atoms with E-state index in [1.807, 2.05) is 67.8 Å². The number of carbonyl (C=O) groups is 1. The zero-order valence-electron chi connectivity index (χ0n) is 15.4. The lowest BCUT2D eigenvalue weighted by Crippen LogP contribution is -2.16. The third-order valence-corrected chi connectivity index (χ3v) is 4.92. The van der Waals surface area contributed by atoms with Crippen molar-refractivity contribution in [3.63, 3.8) is 0 Å². The lowest BCUT2D eigenvalue weighted by molar-refractivity contribution is 0.102. The molecule has 140 valence electrons. The molecule has 0 atom stereocenters. The van der Waals surface area contributed by atoms with Gasteiger partial charge in [-0.2, -0.15) is 5.10 Å². The van der Waals surface area contributed by atoms with Crippen molar-refractivity contribution in [3.05, 3.63) is 78.2 Å². The number of aromatic nitrogens is 5. The molecule has 1 amide bonds. The molecule has 8 heteroatoms. The highest BCUT2D eigenvalue weighted by Crippen LogP contribution is 2.28. The maximum atomic E-state index is 12.8. The normalized spacial score (nSPS) is 10.8. The van der Waals surface area contributed by atoms with Crippen LogP contribution in [0.1, 0.15) is 16.1 Å². The second kappa shape index (κ2) is 7.69. The van der Waals surface area contributed by atoms with Crippen molar-refractivity contribution < 1.29 is 4.79 Å². The molecule has 0 spiro atoms. The highest BCUT2D eigenvalue weighted by molar-refractivity contribution is 7.98. The lowest BCUT2D eigenvalue weighted by atomic mass is 10.2. The van der Waals surface area contributed by atoms with E-state index in [0.29, 0.717) is 5.82 Å². The Morgan fingerprint density at radius 1 is 1.07 bits per heavy atom. The molecule has 4 aromatic rings. The summed E-state index contributed by atoms with van der Waals surface area (Å²) in [6.07, 6.45) is 5.29. The Morgan fingerprint density at radius 3 is 2.61 bits per heavy atom. The van der Waals surface area contributed by atoms with Crippen LogP contribution in [-0.2, 0) is 0 Å². The standard InChI is InChI=1S/C20H18N6OS/c1-14-7-6-10-16(11-14)25-13-17(23-24-25)20(27)22-19-18(28-2)12-21-26(19)15-8-4-3-5-9-15/h3-13H,1-2H3,(H,22,27). The van der Waals surface area contributed by atoms with Crippen molar-refractivity contribution in [2.45, 2.75) is 11.8 Å². The number of nitrogens with zero attached hydrogens (tertiary/aromatic N) is 5. The van der Waals surface area contributed by atoms with Crippen LogP contribution in [-0.4, -0.2) is 36.9 Å². The maximum absolute atomic E-state index is 12.8. The van der Waals surface area contributed by atoms with Gasteiger partial charge in [-0.05, 0) is 43.0 Å². The minimum atomic E-state index is -0.341. The molecular weight excluding hydrogens is 372 g/mol. The van der Waals surface area contributed by atoms with Crippen LogP contribution in [0.15, 0.2) is 71.9 Å². The van der Waals surface area contributed by atoms with E-state index < -0.39 is 0 Å². The second-order valence-electron chi connectivity index (χ2n) is 6.15. The molecule has 28 heavy (non-hydrogen) atoms. The maximum Gasteiger partial charge on any atom is 0.279 e. The molecule has 7 nitrogen and oxygen atoms in total. The molecule has 0 aliphatic rings. The van der Waals surface area contributed by atoms with Gasteiger partial charge in [0.05, 0.1) is 28.7 Å². The van der Waals surface area contributed by atoms with Gasteiger partial charge in [0.1, 0.15) is 5.82 Å². The number of anilines is 1. The van der Waals surface area contributed by atoms with E-state index in [4.69, 9.17) is 0 Å². The molecule has 0 aliphatic carbocycles. The Morgan fingerprint density at radius 2 is 1.86 bits per heavy atom. The summed E-state index contributed by atoms with van der Waals surface area (Å²) in [5.41, 5.74) is 3.05. The molecule has 2 heterocycles. The number of thioether (sulfide) groups is 1. The molecule has 0 fully saturated rings. The summed E-state index contributed by atoms with van der Waals surface area (Å²) >= 11 is 1.51. The van der Waals surface area contributed by atoms with Crippen molar-refractivity contribution in [1.29, 1.82) is 0 Å². The topological polar surface area (TPSA) is 77.6 Å². The monoisotopic (exact) mass is 390 g/mol. The largest absolute Gasteiger partial charge is 0.304 e. The molecule has 4 rings (SSSR count). The molecule has 0 radical (unpaired) electrons. The summed E-state index contributed by atoms with van der Waals surface area (Å²) in [6.45, 7) is 2.00. The van der Waals surface area contributed by atoms with Gasteiger partial charge in [-0.1, -0.05) is 35.5 Å². The highest BCUT2D eigenvalue weighted by atomic mass is 32.2. The van der Waals surface area contributed by atoms with Gasteiger partial charge < -0.3 is 5.32 Å². The first-order valence-electron chi connectivity index (χ1n) is 8.64. The van der Waals surface area contributed by atoms with E-state index in [9.17, 15) is 4.79 Å². The summed E-state index contributed by atoms with van der Waals surface area (Å²) in [7, 11) is 0. The SMILES string of the molecule is CSc1cnn(-c2ccccc2)c1NC(=O)c1cn(-c2cccc(C)c2)nn1. The Bertz CT molecular complexity index is 1120. The molecule has 0 saturated heterocycles. The molecule has 0 aliphatic heterocycles. The van der Waals surface area contributed by atoms with Crippen molar-refractivity contribution >= 4 is 23.5 Å². The number of benzene rings is 2. The summed E-state index contributed by atoms with van der Waals surface area (Å²) < 4.78 is 3.29. The Labute approximate surface area is 166 Å². The fraction of sp³-hybridized carbons (Fsp3) is 0.100. The molecule has 0 bridgehead atoms. The van der Waals surface area contributed by atoms with Crippen LogP contribution in [0, 0.1) is 6.92 Å². The third-order valence-electron chi connectivity index (χ3n) is 4.18. The van der Waals surface area contributed by atoms with Gasteiger partial charge in [-0.3, -0.25) is 4.79 Å². The van der Waals surface area contributed by atoms with Gasteiger partial charge in [0.2, 0.25) is 0 Å². The van der Waals surface area contributed by atoms with E-state index in [2.05, 4.69) is 20.7 Å². The van der Waals surface area contributed by atoms with Gasteiger partial charge in [0, 0.05) is 0 Å². The van der Waals surface area contributed by atoms with Crippen LogP contribution in [0.2, 0.25) is 0 Å². The molecule has 1 N–H and O–H groups in total. The highest BCUT2D eigenvalue weighted by Gasteiger charge is 2.18. The van der Waals surface area contributed by atoms with Crippen LogP contribution in [0.5, 0.6) is 0 Å². The third kappa shape index (κ3) is 3.54. The Balaban J connectivity index is 1.62. The summed E-state index contributed by atoms with van der Waals surface area (Å²) in [6, 6.07) is 17.5. The van der Waals surface area contributed by atoms with Crippen LogP contribution < -0.4 is 5.32 Å². The zero-order chi connectivity index (χ0) is 19.5. The predicted octanol–water partition coefficient (Wildman–Crippen LogP) is 3.74. The average Bonchev–Trinajstić information content (AvgIpc) is 3.36. The fourth-order valence-corrected chi connectivity index (χ4v) is 3.28. The van der Waals surface area contributed by atoms with E-state index in [0.717, 1.165) is 21.8 Å². The van der Waals surface area contributed by atoms with E-state index in [-0.39, 0.29) is 11.6 Å². The first-order valence-corrected chi connectivity index (χ1v) is 9.86. The number of aryl methyl sites for hydroxylation is 1. The van der Waals surface area contributed by atoms with Gasteiger partial charge >= 0.3 is 0 Å². The van der Waals surface area contributed by atoms with Crippen LogP contribution >= 0.6 is 11.8 Å². The van der Waals surface area contributed by atoms with Crippen LogP contribution in [0.4, 0.5) is 5.82 Å². The van der Waals surface area contributed by atoms with Crippen molar-refractivity contribution in [2.24, 2.45) is 0 Å². The van der Waals surface area contributed by atoms with Gasteiger partial charge in [-0.15, -0.1) is 16.9 Å². The van der Waals surface area contributed by atoms with E-state index >= 15 is 0 Å². The van der Waals surface area contributed by atoms with Gasteiger partial charge in [0.25, 0.3) is 5.91 Å². The molecule has 2 aromatic carbocycles. The zero-order valence-corrected chi connectivity index (χ0v) is 16.2. The van der Waals surface area contributed by atoms with Crippen molar-refractivity contribution in [2.75, 3.05) is 11.6 Å². The van der Waals surface area contributed by atoms with Crippen molar-refractivity contribution in [1.82, 2.24) is 24.8 Å². The number of hydrogen-bond acceptors (Lipinski definition) is 5. The number of hydrogen-bond donors (Lipinski definition) is 1. The second-order valence-corrected chi connectivity index (χ2v) is 7.00. The van der Waals surface area contributed by atoms with Crippen LogP contribution in [0.25, 0.3) is 11.4 Å². The summed E-state index contributed by atoms with van der Waals surface area (Å²) in [5.74, 6) is 0.265. The lowest BCUT2D eigenvalue weighted by Gasteiger charge is -2.09. The quantitative estimate of drug-likeness (QED) is 0.525. The number of para-hydroxylation sites is 1. The molecular formula is C20H18N6OS. The first-order chi connectivity index (χ1) is 13.7. The number of nitrogens with one attached hydrogen (secondary N) is 1. The number of amides is 1. The van der Waals surface area contributed by atoms with Gasteiger partial charge in [-0.25, -0.2) is 9.36 Å². The number of rotatable bonds is 5. The summed E-state index contributed by atoms with van der Waals surface area (Å²) in [4.78, 5) is 13.7. The first kappa shape index (κ1) is 18.0. The summed E-state index contributed by atoms with van der Waals surface area (Å²) in [5, 5.41) is 15.4. The minimum Gasteiger partial charge on any atom is -0.304 e. The van der Waals surface area contributed by atoms with E-state index in [1.54, 1.807) is 21.8 Å². The Hall–Kier alpha value is -3.39. The smallest absolute Gasteiger partial charge is 0.279 e. The van der Waals surface area contributed by atoms with Gasteiger partial charge in [0.15, 0.2) is 5.69 Å². The van der Waals surface area contributed by atoms with Crippen molar-refractivity contribution in [3.8, 4) is 11.4 Å².